The summed E-state index contributed by atoms with van der Waals surface area (Å²) in [6.45, 7) is 6.17. The van der Waals surface area contributed by atoms with E-state index in [0.29, 0.717) is 19.3 Å². The van der Waals surface area contributed by atoms with Crippen LogP contribution in [0, 0.1) is 0 Å². The van der Waals surface area contributed by atoms with E-state index in [9.17, 15) is 14.4 Å². The third-order valence-electron chi connectivity index (χ3n) is 9.82. The zero-order chi connectivity index (χ0) is 47.2. The lowest BCUT2D eigenvalue weighted by Crippen LogP contribution is -2.30. The molecule has 0 spiro atoms. The molecule has 0 rings (SSSR count). The van der Waals surface area contributed by atoms with Gasteiger partial charge in [0.1, 0.15) is 13.2 Å². The number of carbonyl (C=O) groups is 3. The second kappa shape index (κ2) is 51.9. The number of hydrogen-bond acceptors (Lipinski definition) is 6. The van der Waals surface area contributed by atoms with E-state index in [2.05, 4.69) is 167 Å². The quantitative estimate of drug-likeness (QED) is 0.0263. The Kier molecular flexibility index (Phi) is 48.2. The van der Waals surface area contributed by atoms with Gasteiger partial charge in [-0.2, -0.15) is 0 Å². The van der Waals surface area contributed by atoms with Crippen molar-refractivity contribution in [2.75, 3.05) is 13.2 Å². The Balaban J connectivity index is 4.62. The van der Waals surface area contributed by atoms with Crippen molar-refractivity contribution in [3.8, 4) is 0 Å². The summed E-state index contributed by atoms with van der Waals surface area (Å²) in [6, 6.07) is 0. The van der Waals surface area contributed by atoms with Gasteiger partial charge in [-0.15, -0.1) is 0 Å². The lowest BCUT2D eigenvalue weighted by atomic mass is 10.1. The van der Waals surface area contributed by atoms with E-state index in [4.69, 9.17) is 14.2 Å². The first kappa shape index (κ1) is 60.3. The van der Waals surface area contributed by atoms with Gasteiger partial charge in [-0.3, -0.25) is 14.4 Å². The van der Waals surface area contributed by atoms with Gasteiger partial charge in [0.05, 0.1) is 0 Å². The number of carbonyl (C=O) groups excluding carboxylic acids is 3. The minimum Gasteiger partial charge on any atom is -0.462 e. The van der Waals surface area contributed by atoms with Crippen molar-refractivity contribution >= 4 is 17.9 Å². The van der Waals surface area contributed by atoms with Crippen LogP contribution < -0.4 is 0 Å². The average Bonchev–Trinajstić information content (AvgIpc) is 3.30. The van der Waals surface area contributed by atoms with Crippen LogP contribution in [-0.2, 0) is 28.6 Å². The Morgan fingerprint density at radius 3 is 0.938 bits per heavy atom. The number of hydrogen-bond donors (Lipinski definition) is 0. The number of esters is 3. The van der Waals surface area contributed by atoms with E-state index in [-0.39, 0.29) is 38.0 Å². The smallest absolute Gasteiger partial charge is 0.306 e. The third-order valence-corrected chi connectivity index (χ3v) is 9.82. The fourth-order valence-corrected chi connectivity index (χ4v) is 6.13. The van der Waals surface area contributed by atoms with Crippen molar-refractivity contribution < 1.29 is 28.6 Å². The highest BCUT2D eigenvalue weighted by Crippen LogP contribution is 2.11. The highest BCUT2D eigenvalue weighted by atomic mass is 16.6. The molecule has 0 aliphatic carbocycles. The molecule has 65 heavy (non-hydrogen) atoms. The van der Waals surface area contributed by atoms with Gasteiger partial charge in [0.25, 0.3) is 0 Å². The zero-order valence-electron chi connectivity index (χ0n) is 41.2. The highest BCUT2D eigenvalue weighted by molar-refractivity contribution is 5.71. The largest absolute Gasteiger partial charge is 0.462 e. The van der Waals surface area contributed by atoms with Gasteiger partial charge in [0.2, 0.25) is 0 Å². The maximum absolute atomic E-state index is 12.8. The monoisotopic (exact) mass is 895 g/mol. The summed E-state index contributed by atoms with van der Waals surface area (Å²) in [4.78, 5) is 38.0. The lowest BCUT2D eigenvalue weighted by Gasteiger charge is -2.18. The van der Waals surface area contributed by atoms with Gasteiger partial charge in [-0.05, 0) is 128 Å². The van der Waals surface area contributed by atoms with Crippen LogP contribution >= 0.6 is 0 Å². The zero-order valence-corrected chi connectivity index (χ0v) is 41.2. The molecule has 0 amide bonds. The molecule has 0 heterocycles. The van der Waals surface area contributed by atoms with Crippen LogP contribution in [-0.4, -0.2) is 37.2 Å². The fraction of sp³-hybridized carbons (Fsp3) is 0.542. The number of ether oxygens (including phenoxy) is 3. The van der Waals surface area contributed by atoms with Crippen LogP contribution in [0.25, 0.3) is 0 Å². The second-order valence-electron chi connectivity index (χ2n) is 15.9. The first-order valence-corrected chi connectivity index (χ1v) is 25.3. The predicted molar refractivity (Wildman–Crippen MR) is 279 cm³/mol. The lowest BCUT2D eigenvalue weighted by molar-refractivity contribution is -0.167. The maximum Gasteiger partial charge on any atom is 0.306 e. The standard InChI is InChI=1S/C59H90O6/c1-4-7-10-13-16-19-22-25-28-29-32-35-38-41-44-47-50-53-59(62)65-56(54-63-57(60)51-48-45-42-39-36-33-30-26-23-20-17-14-11-8-5-2)55-64-58(61)52-49-46-43-40-37-34-31-27-24-21-18-15-12-9-6-3/h7-12,16-21,25-28,30-32,35-36,39,41,44,56H,4-6,13-15,22-24,29,33-34,37-38,40,42-43,45-55H2,1-3H3/b10-7-,11-8-,12-9-,19-16-,20-17-,21-18-,28-25-,30-26-,31-27-,35-32-,39-36-,44-41-/t56-/m1/s1. The van der Waals surface area contributed by atoms with Crippen LogP contribution in [0.4, 0.5) is 0 Å². The van der Waals surface area contributed by atoms with Gasteiger partial charge >= 0.3 is 17.9 Å². The molecule has 6 nitrogen and oxygen atoms in total. The molecule has 0 aromatic carbocycles. The Morgan fingerprint density at radius 1 is 0.308 bits per heavy atom. The van der Waals surface area contributed by atoms with E-state index in [1.165, 1.54) is 0 Å². The average molecular weight is 895 g/mol. The number of unbranched alkanes of at least 4 members (excludes halogenated alkanes) is 8. The van der Waals surface area contributed by atoms with Crippen molar-refractivity contribution in [1.82, 2.24) is 0 Å². The van der Waals surface area contributed by atoms with Crippen molar-refractivity contribution in [2.24, 2.45) is 0 Å². The van der Waals surface area contributed by atoms with Crippen LogP contribution in [0.1, 0.15) is 188 Å². The first-order valence-electron chi connectivity index (χ1n) is 25.3. The van der Waals surface area contributed by atoms with Crippen molar-refractivity contribution in [1.29, 1.82) is 0 Å². The molecule has 0 aromatic rings. The summed E-state index contributed by atoms with van der Waals surface area (Å²) < 4.78 is 16.7. The minimum atomic E-state index is -0.838. The molecule has 0 aliphatic rings. The summed E-state index contributed by atoms with van der Waals surface area (Å²) in [5.41, 5.74) is 0. The number of rotatable bonds is 43. The Hall–Kier alpha value is -4.71. The molecule has 0 saturated heterocycles. The Labute approximate surface area is 397 Å². The van der Waals surface area contributed by atoms with Gasteiger partial charge in [0.15, 0.2) is 6.10 Å². The molecule has 0 radical (unpaired) electrons. The molecule has 0 unspecified atom stereocenters. The molecule has 0 aliphatic heterocycles. The summed E-state index contributed by atoms with van der Waals surface area (Å²) in [6.07, 6.45) is 74.1. The van der Waals surface area contributed by atoms with E-state index >= 15 is 0 Å². The van der Waals surface area contributed by atoms with Crippen LogP contribution in [0.5, 0.6) is 0 Å². The molecule has 0 fully saturated rings. The van der Waals surface area contributed by atoms with Crippen LogP contribution in [0.3, 0.4) is 0 Å². The Bertz CT molecular complexity index is 1490. The van der Waals surface area contributed by atoms with E-state index < -0.39 is 12.1 Å². The van der Waals surface area contributed by atoms with Gasteiger partial charge in [-0.25, -0.2) is 0 Å². The summed E-state index contributed by atoms with van der Waals surface area (Å²) in [7, 11) is 0. The van der Waals surface area contributed by atoms with Gasteiger partial charge in [-0.1, -0.05) is 186 Å². The van der Waals surface area contributed by atoms with Crippen molar-refractivity contribution in [3.05, 3.63) is 146 Å². The fourth-order valence-electron chi connectivity index (χ4n) is 6.13. The molecule has 6 heteroatoms. The van der Waals surface area contributed by atoms with Crippen LogP contribution in [0.2, 0.25) is 0 Å². The SMILES string of the molecule is CC/C=C\C/C=C\C/C=C\C/C=C\C/C=C\CCCC(=O)O[C@H](COC(=O)CCCC/C=C\C/C=C\C/C=C\C/C=C\CC)COC(=O)CCCCCCC/C=C\C/C=C\C/C=C\CC. The minimum absolute atomic E-state index is 0.130. The normalized spacial score (nSPS) is 13.3. The molecule has 0 saturated carbocycles. The van der Waals surface area contributed by atoms with E-state index in [0.717, 1.165) is 135 Å². The second-order valence-corrected chi connectivity index (χ2v) is 15.9. The van der Waals surface area contributed by atoms with Gasteiger partial charge in [0, 0.05) is 19.3 Å². The molecule has 0 aromatic heterocycles. The third kappa shape index (κ3) is 50.2. The van der Waals surface area contributed by atoms with Crippen LogP contribution in [0.15, 0.2) is 146 Å². The highest BCUT2D eigenvalue weighted by Gasteiger charge is 2.19. The summed E-state index contributed by atoms with van der Waals surface area (Å²) in [5.74, 6) is -1.06. The molecule has 362 valence electrons. The van der Waals surface area contributed by atoms with E-state index in [1.807, 2.05) is 0 Å². The molecular formula is C59H90O6. The molecule has 1 atom stereocenters. The topological polar surface area (TPSA) is 78.9 Å². The molecule has 0 bridgehead atoms. The van der Waals surface area contributed by atoms with Crippen molar-refractivity contribution in [3.63, 3.8) is 0 Å². The number of allylic oxidation sites excluding steroid dienone is 24. The molecule has 0 N–H and O–H groups in total. The molecular weight excluding hydrogens is 805 g/mol. The summed E-state index contributed by atoms with van der Waals surface area (Å²) >= 11 is 0. The van der Waals surface area contributed by atoms with Crippen molar-refractivity contribution in [2.45, 2.75) is 194 Å². The maximum atomic E-state index is 12.8. The summed E-state index contributed by atoms with van der Waals surface area (Å²) in [5, 5.41) is 0. The predicted octanol–water partition coefficient (Wildman–Crippen LogP) is 16.9. The first-order chi connectivity index (χ1) is 32.0. The Morgan fingerprint density at radius 2 is 0.569 bits per heavy atom. The van der Waals surface area contributed by atoms with E-state index in [1.54, 1.807) is 0 Å². The van der Waals surface area contributed by atoms with Gasteiger partial charge < -0.3 is 14.2 Å².